The van der Waals surface area contributed by atoms with Crippen LogP contribution in [0.1, 0.15) is 6.92 Å². The molecule has 1 N–H and O–H groups in total. The predicted octanol–water partition coefficient (Wildman–Crippen LogP) is 2.42. The lowest BCUT2D eigenvalue weighted by atomic mass is 10.3. The first-order valence-corrected chi connectivity index (χ1v) is 8.82. The van der Waals surface area contributed by atoms with Crippen LogP contribution in [0.5, 0.6) is 0 Å². The van der Waals surface area contributed by atoms with Crippen LogP contribution in [-0.2, 0) is 14.8 Å². The summed E-state index contributed by atoms with van der Waals surface area (Å²) in [5, 5.41) is 2.97. The topological polar surface area (TPSA) is 66.5 Å². The van der Waals surface area contributed by atoms with Gasteiger partial charge in [0.05, 0.1) is 23.0 Å². The Kier molecular flexibility index (Phi) is 6.93. The molecule has 0 radical (unpaired) electrons. The SMILES string of the molecule is CC(CCl)CS(=O)(=O)N(C)CC(=O)Nc1ccccc1Cl. The third-order valence-electron chi connectivity index (χ3n) is 2.75. The van der Waals surface area contributed by atoms with E-state index in [0.717, 1.165) is 4.31 Å². The Bertz CT molecular complexity index is 593. The van der Waals surface area contributed by atoms with E-state index >= 15 is 0 Å². The lowest BCUT2D eigenvalue weighted by Crippen LogP contribution is -2.37. The summed E-state index contributed by atoms with van der Waals surface area (Å²) in [7, 11) is -2.15. The van der Waals surface area contributed by atoms with E-state index in [4.69, 9.17) is 23.2 Å². The Labute approximate surface area is 135 Å². The van der Waals surface area contributed by atoms with Crippen LogP contribution in [0.15, 0.2) is 24.3 Å². The van der Waals surface area contributed by atoms with Gasteiger partial charge in [-0.3, -0.25) is 4.79 Å². The zero-order valence-electron chi connectivity index (χ0n) is 11.8. The van der Waals surface area contributed by atoms with Crippen molar-refractivity contribution in [1.82, 2.24) is 4.31 Å². The summed E-state index contributed by atoms with van der Waals surface area (Å²) in [6.45, 7) is 1.46. The van der Waals surface area contributed by atoms with Gasteiger partial charge in [-0.15, -0.1) is 11.6 Å². The molecule has 0 fully saturated rings. The summed E-state index contributed by atoms with van der Waals surface area (Å²) in [4.78, 5) is 11.9. The van der Waals surface area contributed by atoms with E-state index in [0.29, 0.717) is 10.7 Å². The molecule has 0 aliphatic rings. The number of hydrogen-bond donors (Lipinski definition) is 1. The van der Waals surface area contributed by atoms with Crippen molar-refractivity contribution in [2.45, 2.75) is 6.92 Å². The number of nitrogens with one attached hydrogen (secondary N) is 1. The number of para-hydroxylation sites is 1. The van der Waals surface area contributed by atoms with E-state index in [2.05, 4.69) is 5.32 Å². The number of amides is 1. The molecule has 0 saturated carbocycles. The molecule has 118 valence electrons. The largest absolute Gasteiger partial charge is 0.324 e. The Balaban J connectivity index is 2.64. The van der Waals surface area contributed by atoms with Crippen molar-refractivity contribution < 1.29 is 13.2 Å². The van der Waals surface area contributed by atoms with E-state index in [1.165, 1.54) is 7.05 Å². The van der Waals surface area contributed by atoms with E-state index in [1.807, 2.05) is 0 Å². The average Bonchev–Trinajstić information content (AvgIpc) is 2.40. The fraction of sp³-hybridized carbons (Fsp3) is 0.462. The van der Waals surface area contributed by atoms with E-state index in [-0.39, 0.29) is 24.1 Å². The third-order valence-corrected chi connectivity index (χ3v) is 5.67. The summed E-state index contributed by atoms with van der Waals surface area (Å²) in [5.41, 5.74) is 0.448. The number of sulfonamides is 1. The van der Waals surface area contributed by atoms with Crippen LogP contribution in [-0.4, -0.2) is 43.9 Å². The number of likely N-dealkylation sites (N-methyl/N-ethyl adjacent to an activating group) is 1. The van der Waals surface area contributed by atoms with Crippen molar-refractivity contribution in [2.24, 2.45) is 5.92 Å². The van der Waals surface area contributed by atoms with Crippen molar-refractivity contribution in [2.75, 3.05) is 30.5 Å². The molecule has 0 heterocycles. The number of anilines is 1. The molecule has 0 spiro atoms. The van der Waals surface area contributed by atoms with Crippen molar-refractivity contribution in [1.29, 1.82) is 0 Å². The number of hydrogen-bond acceptors (Lipinski definition) is 3. The minimum absolute atomic E-state index is 0.0909. The molecule has 1 aromatic rings. The van der Waals surface area contributed by atoms with Gasteiger partial charge in [0.25, 0.3) is 0 Å². The normalized spacial score (nSPS) is 13.2. The standard InChI is InChI=1S/C13H18Cl2N2O3S/c1-10(7-14)9-21(19,20)17(2)8-13(18)16-12-6-4-3-5-11(12)15/h3-6,10H,7-9H2,1-2H3,(H,16,18). The number of nitrogens with zero attached hydrogens (tertiary/aromatic N) is 1. The summed E-state index contributed by atoms with van der Waals surface area (Å²) in [6.07, 6.45) is 0. The van der Waals surface area contributed by atoms with Crippen molar-refractivity contribution in [3.63, 3.8) is 0 Å². The number of carbonyl (C=O) groups excluding carboxylic acids is 1. The Morgan fingerprint density at radius 3 is 2.57 bits per heavy atom. The zero-order valence-corrected chi connectivity index (χ0v) is 14.2. The Hall–Kier alpha value is -0.820. The molecular weight excluding hydrogens is 335 g/mol. The zero-order chi connectivity index (χ0) is 16.0. The molecule has 1 amide bonds. The van der Waals surface area contributed by atoms with Gasteiger partial charge in [0.1, 0.15) is 0 Å². The minimum atomic E-state index is -3.51. The smallest absolute Gasteiger partial charge is 0.239 e. The first-order valence-electron chi connectivity index (χ1n) is 6.30. The molecule has 0 aliphatic heterocycles. The summed E-state index contributed by atoms with van der Waals surface area (Å²) >= 11 is 11.5. The van der Waals surface area contributed by atoms with Crippen LogP contribution in [0.2, 0.25) is 5.02 Å². The van der Waals surface area contributed by atoms with E-state index < -0.39 is 15.9 Å². The van der Waals surface area contributed by atoms with Crippen molar-refractivity contribution in [3.8, 4) is 0 Å². The molecule has 1 unspecified atom stereocenters. The van der Waals surface area contributed by atoms with Gasteiger partial charge in [-0.05, 0) is 18.1 Å². The van der Waals surface area contributed by atoms with Crippen molar-refractivity contribution >= 4 is 44.8 Å². The molecule has 1 rings (SSSR count). The maximum absolute atomic E-state index is 12.0. The molecule has 1 aromatic carbocycles. The Morgan fingerprint density at radius 1 is 1.38 bits per heavy atom. The second-order valence-electron chi connectivity index (χ2n) is 4.82. The first-order chi connectivity index (χ1) is 9.76. The van der Waals surface area contributed by atoms with Gasteiger partial charge in [-0.25, -0.2) is 8.42 Å². The lowest BCUT2D eigenvalue weighted by molar-refractivity contribution is -0.116. The molecule has 8 heteroatoms. The van der Waals surface area contributed by atoms with Gasteiger partial charge < -0.3 is 5.32 Å². The minimum Gasteiger partial charge on any atom is -0.324 e. The van der Waals surface area contributed by atoms with Gasteiger partial charge in [-0.2, -0.15) is 4.31 Å². The highest BCUT2D eigenvalue weighted by molar-refractivity contribution is 7.89. The number of rotatable bonds is 7. The lowest BCUT2D eigenvalue weighted by Gasteiger charge is -2.18. The number of halogens is 2. The molecule has 5 nitrogen and oxygen atoms in total. The van der Waals surface area contributed by atoms with Gasteiger partial charge >= 0.3 is 0 Å². The predicted molar refractivity (Wildman–Crippen MR) is 86.4 cm³/mol. The average molecular weight is 353 g/mol. The third kappa shape index (κ3) is 5.82. The van der Waals surface area contributed by atoms with E-state index in [1.54, 1.807) is 31.2 Å². The maximum atomic E-state index is 12.0. The van der Waals surface area contributed by atoms with Gasteiger partial charge in [0.15, 0.2) is 0 Å². The second kappa shape index (κ2) is 7.98. The highest BCUT2D eigenvalue weighted by atomic mass is 35.5. The first kappa shape index (κ1) is 18.2. The van der Waals surface area contributed by atoms with E-state index in [9.17, 15) is 13.2 Å². The molecular formula is C13H18Cl2N2O3S. The van der Waals surface area contributed by atoms with Crippen LogP contribution in [0.4, 0.5) is 5.69 Å². The molecule has 0 saturated heterocycles. The number of benzene rings is 1. The number of carbonyl (C=O) groups is 1. The summed E-state index contributed by atoms with van der Waals surface area (Å²) in [5.74, 6) is -0.468. The molecule has 21 heavy (non-hydrogen) atoms. The van der Waals surface area contributed by atoms with Crippen LogP contribution in [0, 0.1) is 5.92 Å². The second-order valence-corrected chi connectivity index (χ2v) is 7.66. The molecule has 1 atom stereocenters. The number of alkyl halides is 1. The van der Waals surface area contributed by atoms with Crippen LogP contribution < -0.4 is 5.32 Å². The fourth-order valence-corrected chi connectivity index (χ4v) is 3.41. The fourth-order valence-electron chi connectivity index (χ4n) is 1.58. The Morgan fingerprint density at radius 2 is 2.00 bits per heavy atom. The maximum Gasteiger partial charge on any atom is 0.239 e. The quantitative estimate of drug-likeness (QED) is 0.766. The molecule has 0 bridgehead atoms. The highest BCUT2D eigenvalue weighted by Crippen LogP contribution is 2.20. The van der Waals surface area contributed by atoms with Gasteiger partial charge in [0, 0.05) is 12.9 Å². The monoisotopic (exact) mass is 352 g/mol. The molecule has 0 aliphatic carbocycles. The van der Waals surface area contributed by atoms with Gasteiger partial charge in [0.2, 0.25) is 15.9 Å². The summed E-state index contributed by atoms with van der Waals surface area (Å²) < 4.78 is 25.0. The molecule has 0 aromatic heterocycles. The van der Waals surface area contributed by atoms with Gasteiger partial charge in [-0.1, -0.05) is 30.7 Å². The summed E-state index contributed by atoms with van der Waals surface area (Å²) in [6, 6.07) is 6.75. The van der Waals surface area contributed by atoms with Crippen molar-refractivity contribution in [3.05, 3.63) is 29.3 Å². The van der Waals surface area contributed by atoms with Crippen LogP contribution >= 0.6 is 23.2 Å². The van der Waals surface area contributed by atoms with Crippen LogP contribution in [0.3, 0.4) is 0 Å². The van der Waals surface area contributed by atoms with Crippen LogP contribution in [0.25, 0.3) is 0 Å². The highest BCUT2D eigenvalue weighted by Gasteiger charge is 2.23.